The summed E-state index contributed by atoms with van der Waals surface area (Å²) >= 11 is 0. The zero-order valence-corrected chi connectivity index (χ0v) is 17.9. The minimum Gasteiger partial charge on any atom is -0.304 e. The number of rotatable bonds is 4. The van der Waals surface area contributed by atoms with Gasteiger partial charge >= 0.3 is 0 Å². The topological polar surface area (TPSA) is 39.2 Å². The van der Waals surface area contributed by atoms with Crippen molar-refractivity contribution in [3.8, 4) is 0 Å². The number of piperazine rings is 1. The van der Waals surface area contributed by atoms with Gasteiger partial charge in [0.05, 0.1) is 18.3 Å². The summed E-state index contributed by atoms with van der Waals surface area (Å²) in [5.74, 6) is -0.371. The molecule has 2 aromatic rings. The fourth-order valence-electron chi connectivity index (χ4n) is 4.30. The first kappa shape index (κ1) is 20.7. The Labute approximate surface area is 177 Å². The second-order valence-electron chi connectivity index (χ2n) is 8.42. The molecule has 1 fully saturated rings. The van der Waals surface area contributed by atoms with Crippen LogP contribution < -0.4 is 0 Å². The van der Waals surface area contributed by atoms with Crippen molar-refractivity contribution in [3.05, 3.63) is 70.5 Å². The van der Waals surface area contributed by atoms with Gasteiger partial charge in [-0.25, -0.2) is 9.40 Å². The van der Waals surface area contributed by atoms with Crippen LogP contribution in [0.5, 0.6) is 0 Å². The molecule has 0 aromatic heterocycles. The number of likely N-dealkylation sites (N-methyl/N-ethyl adjacent to an activating group) is 1. The van der Waals surface area contributed by atoms with Gasteiger partial charge in [0, 0.05) is 43.7 Å². The Morgan fingerprint density at radius 2 is 1.83 bits per heavy atom. The van der Waals surface area contributed by atoms with Gasteiger partial charge in [0.15, 0.2) is 0 Å². The number of benzene rings is 2. The first-order chi connectivity index (χ1) is 14.4. The number of hydrazone groups is 1. The van der Waals surface area contributed by atoms with Crippen molar-refractivity contribution >= 4 is 11.6 Å². The largest absolute Gasteiger partial charge is 0.304 e. The van der Waals surface area contributed by atoms with Crippen LogP contribution in [0, 0.1) is 19.7 Å². The highest BCUT2D eigenvalue weighted by molar-refractivity contribution is 6.04. The molecule has 0 radical (unpaired) electrons. The standard InChI is InChI=1S/C24H29FN4O/c1-17-8-9-19(18(2)14-17)22-15-23(20-6-4-5-7-21(20)25)29(26-22)24(30)16-28-12-10-27(3)11-13-28/h4-9,14,23H,10-13,15-16H2,1-3H3/t23-/m1/s1. The van der Waals surface area contributed by atoms with Crippen LogP contribution in [0.3, 0.4) is 0 Å². The molecule has 6 heteroatoms. The molecule has 0 bridgehead atoms. The third-order valence-corrected chi connectivity index (χ3v) is 6.08. The molecule has 1 saturated heterocycles. The summed E-state index contributed by atoms with van der Waals surface area (Å²) in [5, 5.41) is 6.24. The molecule has 5 nitrogen and oxygen atoms in total. The molecule has 2 heterocycles. The fourth-order valence-corrected chi connectivity index (χ4v) is 4.30. The number of aryl methyl sites for hydroxylation is 2. The van der Waals surface area contributed by atoms with Gasteiger partial charge in [-0.1, -0.05) is 42.0 Å². The van der Waals surface area contributed by atoms with Crippen LogP contribution in [0.25, 0.3) is 0 Å². The van der Waals surface area contributed by atoms with Gasteiger partial charge in [0.25, 0.3) is 5.91 Å². The Balaban J connectivity index is 1.62. The van der Waals surface area contributed by atoms with E-state index in [-0.39, 0.29) is 11.7 Å². The van der Waals surface area contributed by atoms with Crippen molar-refractivity contribution in [2.45, 2.75) is 26.3 Å². The number of halogens is 1. The van der Waals surface area contributed by atoms with Gasteiger partial charge in [-0.05, 0) is 32.5 Å². The molecule has 30 heavy (non-hydrogen) atoms. The fraction of sp³-hybridized carbons (Fsp3) is 0.417. The van der Waals surface area contributed by atoms with E-state index >= 15 is 0 Å². The average Bonchev–Trinajstić information content (AvgIpc) is 3.15. The summed E-state index contributed by atoms with van der Waals surface area (Å²) in [6, 6.07) is 12.5. The van der Waals surface area contributed by atoms with Crippen molar-refractivity contribution in [1.82, 2.24) is 14.8 Å². The van der Waals surface area contributed by atoms with Crippen LogP contribution in [-0.2, 0) is 4.79 Å². The molecule has 0 aliphatic carbocycles. The third kappa shape index (κ3) is 4.30. The quantitative estimate of drug-likeness (QED) is 0.779. The van der Waals surface area contributed by atoms with Gasteiger partial charge in [-0.2, -0.15) is 5.10 Å². The molecular formula is C24H29FN4O. The lowest BCUT2D eigenvalue weighted by molar-refractivity contribution is -0.134. The maximum absolute atomic E-state index is 14.6. The minimum atomic E-state index is -0.415. The highest BCUT2D eigenvalue weighted by Gasteiger charge is 2.35. The van der Waals surface area contributed by atoms with Crippen molar-refractivity contribution in [2.75, 3.05) is 39.8 Å². The Morgan fingerprint density at radius 1 is 1.10 bits per heavy atom. The first-order valence-electron chi connectivity index (χ1n) is 10.5. The summed E-state index contributed by atoms with van der Waals surface area (Å²) in [6.07, 6.45) is 0.513. The number of carbonyl (C=O) groups excluding carboxylic acids is 1. The Morgan fingerprint density at radius 3 is 2.53 bits per heavy atom. The molecule has 158 valence electrons. The summed E-state index contributed by atoms with van der Waals surface area (Å²) in [5.41, 5.74) is 4.69. The van der Waals surface area contributed by atoms with E-state index in [1.54, 1.807) is 12.1 Å². The number of hydrogen-bond donors (Lipinski definition) is 0. The van der Waals surface area contributed by atoms with Crippen LogP contribution in [0.2, 0.25) is 0 Å². The second-order valence-corrected chi connectivity index (χ2v) is 8.42. The van der Waals surface area contributed by atoms with Gasteiger partial charge in [-0.3, -0.25) is 9.69 Å². The lowest BCUT2D eigenvalue weighted by atomic mass is 9.95. The number of hydrogen-bond acceptors (Lipinski definition) is 4. The average molecular weight is 409 g/mol. The van der Waals surface area contributed by atoms with Crippen LogP contribution in [0.1, 0.15) is 34.7 Å². The normalized spacial score (nSPS) is 20.5. The summed E-state index contributed by atoms with van der Waals surface area (Å²) in [6.45, 7) is 8.02. The van der Waals surface area contributed by atoms with Gasteiger partial charge in [-0.15, -0.1) is 0 Å². The molecular weight excluding hydrogens is 379 g/mol. The number of nitrogens with zero attached hydrogens (tertiary/aromatic N) is 4. The zero-order chi connectivity index (χ0) is 21.3. The summed E-state index contributed by atoms with van der Waals surface area (Å²) < 4.78 is 14.6. The smallest absolute Gasteiger partial charge is 0.257 e. The zero-order valence-electron chi connectivity index (χ0n) is 17.9. The maximum atomic E-state index is 14.6. The summed E-state index contributed by atoms with van der Waals surface area (Å²) in [7, 11) is 2.09. The van der Waals surface area contributed by atoms with E-state index in [9.17, 15) is 9.18 Å². The molecule has 0 unspecified atom stereocenters. The van der Waals surface area contributed by atoms with Crippen LogP contribution >= 0.6 is 0 Å². The number of amides is 1. The predicted octanol–water partition coefficient (Wildman–Crippen LogP) is 3.37. The molecule has 2 aliphatic rings. The van der Waals surface area contributed by atoms with Crippen LogP contribution in [0.15, 0.2) is 47.6 Å². The predicted molar refractivity (Wildman–Crippen MR) is 117 cm³/mol. The molecule has 1 amide bonds. The highest BCUT2D eigenvalue weighted by Crippen LogP contribution is 2.35. The van der Waals surface area contributed by atoms with Crippen molar-refractivity contribution in [1.29, 1.82) is 0 Å². The Bertz CT molecular complexity index is 965. The van der Waals surface area contributed by atoms with Gasteiger partial charge < -0.3 is 4.90 Å². The molecule has 0 N–H and O–H groups in total. The monoisotopic (exact) mass is 408 g/mol. The van der Waals surface area contributed by atoms with E-state index < -0.39 is 6.04 Å². The van der Waals surface area contributed by atoms with Gasteiger partial charge in [0.1, 0.15) is 5.82 Å². The Hall–Kier alpha value is -2.57. The Kier molecular flexibility index (Phi) is 5.97. The van der Waals surface area contributed by atoms with E-state index in [2.05, 4.69) is 48.9 Å². The second kappa shape index (κ2) is 8.66. The first-order valence-corrected chi connectivity index (χ1v) is 10.5. The highest BCUT2D eigenvalue weighted by atomic mass is 19.1. The molecule has 2 aliphatic heterocycles. The SMILES string of the molecule is Cc1ccc(C2=NN(C(=O)CN3CCN(C)CC3)[C@@H](c3ccccc3F)C2)c(C)c1. The lowest BCUT2D eigenvalue weighted by Gasteiger charge is -2.33. The van der Waals surface area contributed by atoms with Crippen molar-refractivity contribution in [2.24, 2.45) is 5.10 Å². The maximum Gasteiger partial charge on any atom is 0.257 e. The van der Waals surface area contributed by atoms with Crippen molar-refractivity contribution < 1.29 is 9.18 Å². The minimum absolute atomic E-state index is 0.0763. The lowest BCUT2D eigenvalue weighted by Crippen LogP contribution is -2.48. The van der Waals surface area contributed by atoms with E-state index in [0.29, 0.717) is 18.5 Å². The van der Waals surface area contributed by atoms with E-state index in [1.165, 1.54) is 16.6 Å². The molecule has 1 atom stereocenters. The van der Waals surface area contributed by atoms with E-state index in [0.717, 1.165) is 43.0 Å². The number of carbonyl (C=O) groups is 1. The van der Waals surface area contributed by atoms with Crippen LogP contribution in [0.4, 0.5) is 4.39 Å². The van der Waals surface area contributed by atoms with E-state index in [4.69, 9.17) is 5.10 Å². The third-order valence-electron chi connectivity index (χ3n) is 6.08. The molecule has 0 saturated carbocycles. The van der Waals surface area contributed by atoms with Crippen molar-refractivity contribution in [3.63, 3.8) is 0 Å². The van der Waals surface area contributed by atoms with E-state index in [1.807, 2.05) is 6.07 Å². The van der Waals surface area contributed by atoms with Crippen LogP contribution in [-0.4, -0.2) is 66.2 Å². The molecule has 2 aromatic carbocycles. The summed E-state index contributed by atoms with van der Waals surface area (Å²) in [4.78, 5) is 17.7. The van der Waals surface area contributed by atoms with Gasteiger partial charge in [0.2, 0.25) is 0 Å². The molecule has 0 spiro atoms. The molecule has 4 rings (SSSR count).